The molecule has 4 aromatic rings. The molecular weight excluding hydrogens is 364 g/mol. The van der Waals surface area contributed by atoms with Gasteiger partial charge in [-0.2, -0.15) is 4.99 Å². The predicted octanol–water partition coefficient (Wildman–Crippen LogP) is 3.58. The third kappa shape index (κ3) is 2.86. The van der Waals surface area contributed by atoms with Crippen LogP contribution in [0.5, 0.6) is 5.75 Å². The van der Waals surface area contributed by atoms with Gasteiger partial charge in [0, 0.05) is 6.54 Å². The van der Waals surface area contributed by atoms with Crippen LogP contribution in [0.25, 0.3) is 21.2 Å². The highest BCUT2D eigenvalue weighted by atomic mass is 32.1. The van der Waals surface area contributed by atoms with E-state index in [4.69, 9.17) is 9.15 Å². The Labute approximate surface area is 158 Å². The molecule has 0 aliphatic carbocycles. The molecule has 0 N–H and O–H groups in total. The van der Waals surface area contributed by atoms with Crippen molar-refractivity contribution in [1.29, 1.82) is 0 Å². The van der Waals surface area contributed by atoms with Crippen LogP contribution in [0.2, 0.25) is 0 Å². The minimum Gasteiger partial charge on any atom is -0.495 e. The second kappa shape index (κ2) is 6.85. The Hall–Kier alpha value is -3.19. The topological polar surface area (TPSA) is 73.8 Å². The standard InChI is InChI=1S/C20H16N2O4S/c1-3-22-17-15(25-2)9-6-10-16(17)27-20(22)21-19(24)13-11-26-14-8-5-4-7-12(14)18(13)23/h4-11H,3H2,1-2H3. The molecule has 136 valence electrons. The number of ether oxygens (including phenoxy) is 1. The van der Waals surface area contributed by atoms with Crippen LogP contribution in [0.4, 0.5) is 0 Å². The van der Waals surface area contributed by atoms with E-state index in [2.05, 4.69) is 4.99 Å². The van der Waals surface area contributed by atoms with Crippen molar-refractivity contribution >= 4 is 38.4 Å². The van der Waals surface area contributed by atoms with Gasteiger partial charge in [0.05, 0.1) is 17.2 Å². The number of nitrogens with zero attached hydrogens (tertiary/aromatic N) is 2. The number of thiazole rings is 1. The van der Waals surface area contributed by atoms with Gasteiger partial charge in [0.25, 0.3) is 5.91 Å². The van der Waals surface area contributed by atoms with Gasteiger partial charge >= 0.3 is 0 Å². The summed E-state index contributed by atoms with van der Waals surface area (Å²) in [6.07, 6.45) is 1.18. The van der Waals surface area contributed by atoms with E-state index in [1.807, 2.05) is 29.7 Å². The number of carbonyl (C=O) groups is 1. The molecular formula is C20H16N2O4S. The summed E-state index contributed by atoms with van der Waals surface area (Å²) in [7, 11) is 1.61. The Bertz CT molecular complexity index is 1300. The minimum absolute atomic E-state index is 0.0826. The Morgan fingerprint density at radius 3 is 2.81 bits per heavy atom. The maximum Gasteiger partial charge on any atom is 0.286 e. The maximum atomic E-state index is 12.7. The molecule has 0 atom stereocenters. The number of hydrogen-bond donors (Lipinski definition) is 0. The van der Waals surface area contributed by atoms with Crippen LogP contribution in [0.3, 0.4) is 0 Å². The zero-order valence-electron chi connectivity index (χ0n) is 14.8. The quantitative estimate of drug-likeness (QED) is 0.544. The second-order valence-corrected chi connectivity index (χ2v) is 6.84. The number of amides is 1. The van der Waals surface area contributed by atoms with E-state index >= 15 is 0 Å². The highest BCUT2D eigenvalue weighted by Crippen LogP contribution is 2.27. The number of rotatable bonds is 3. The molecule has 0 radical (unpaired) electrons. The summed E-state index contributed by atoms with van der Waals surface area (Å²) in [4.78, 5) is 30.1. The van der Waals surface area contributed by atoms with Crippen LogP contribution in [0, 0.1) is 0 Å². The van der Waals surface area contributed by atoms with Crippen LogP contribution in [-0.2, 0) is 6.54 Å². The average molecular weight is 380 g/mol. The molecule has 4 rings (SSSR count). The fourth-order valence-electron chi connectivity index (χ4n) is 3.01. The molecule has 0 aliphatic heterocycles. The average Bonchev–Trinajstić information content (AvgIpc) is 3.05. The van der Waals surface area contributed by atoms with E-state index in [-0.39, 0.29) is 11.0 Å². The van der Waals surface area contributed by atoms with E-state index in [0.29, 0.717) is 28.1 Å². The van der Waals surface area contributed by atoms with Gasteiger partial charge in [-0.3, -0.25) is 9.59 Å². The molecule has 0 saturated heterocycles. The van der Waals surface area contributed by atoms with E-state index in [1.54, 1.807) is 31.4 Å². The lowest BCUT2D eigenvalue weighted by Crippen LogP contribution is -2.19. The first-order chi connectivity index (χ1) is 13.1. The Kier molecular flexibility index (Phi) is 4.37. The molecule has 1 amide bonds. The molecule has 6 nitrogen and oxygen atoms in total. The van der Waals surface area contributed by atoms with Crippen molar-refractivity contribution in [1.82, 2.24) is 4.57 Å². The molecule has 2 aromatic heterocycles. The molecule has 2 heterocycles. The third-order valence-electron chi connectivity index (χ3n) is 4.31. The van der Waals surface area contributed by atoms with Crippen molar-refractivity contribution in [2.45, 2.75) is 13.5 Å². The zero-order chi connectivity index (χ0) is 19.0. The van der Waals surface area contributed by atoms with Gasteiger partial charge in [-0.1, -0.05) is 29.5 Å². The van der Waals surface area contributed by atoms with E-state index in [0.717, 1.165) is 10.2 Å². The summed E-state index contributed by atoms with van der Waals surface area (Å²) >= 11 is 1.37. The Balaban J connectivity index is 1.91. The maximum absolute atomic E-state index is 12.7. The number of aryl methyl sites for hydroxylation is 1. The largest absolute Gasteiger partial charge is 0.495 e. The number of carbonyl (C=O) groups excluding carboxylic acids is 1. The number of para-hydroxylation sites is 2. The number of benzene rings is 2. The lowest BCUT2D eigenvalue weighted by Gasteiger charge is -2.05. The number of methoxy groups -OCH3 is 1. The summed E-state index contributed by atoms with van der Waals surface area (Å²) in [5.74, 6) is 0.0898. The monoisotopic (exact) mass is 380 g/mol. The van der Waals surface area contributed by atoms with E-state index in [1.165, 1.54) is 17.6 Å². The Morgan fingerprint density at radius 2 is 2.04 bits per heavy atom. The van der Waals surface area contributed by atoms with Gasteiger partial charge in [-0.25, -0.2) is 0 Å². The van der Waals surface area contributed by atoms with Gasteiger partial charge in [-0.05, 0) is 31.2 Å². The SMILES string of the molecule is CCn1c(=NC(=O)c2coc3ccccc3c2=O)sc2cccc(OC)c21. The first-order valence-electron chi connectivity index (χ1n) is 8.40. The van der Waals surface area contributed by atoms with E-state index < -0.39 is 5.91 Å². The van der Waals surface area contributed by atoms with Gasteiger partial charge in [-0.15, -0.1) is 0 Å². The highest BCUT2D eigenvalue weighted by Gasteiger charge is 2.16. The molecule has 27 heavy (non-hydrogen) atoms. The lowest BCUT2D eigenvalue weighted by atomic mass is 10.2. The summed E-state index contributed by atoms with van der Waals surface area (Å²) in [5, 5.41) is 0.361. The van der Waals surface area contributed by atoms with Gasteiger partial charge in [0.2, 0.25) is 5.43 Å². The van der Waals surface area contributed by atoms with Crippen molar-refractivity contribution in [3.05, 3.63) is 69.3 Å². The lowest BCUT2D eigenvalue weighted by molar-refractivity contribution is 0.0995. The fourth-order valence-corrected chi connectivity index (χ4v) is 4.12. The van der Waals surface area contributed by atoms with Crippen LogP contribution in [-0.4, -0.2) is 17.6 Å². The van der Waals surface area contributed by atoms with Crippen molar-refractivity contribution in [2.75, 3.05) is 7.11 Å². The normalized spacial score (nSPS) is 12.0. The third-order valence-corrected chi connectivity index (χ3v) is 5.35. The zero-order valence-corrected chi connectivity index (χ0v) is 15.6. The molecule has 0 spiro atoms. The van der Waals surface area contributed by atoms with Crippen LogP contribution >= 0.6 is 11.3 Å². The highest BCUT2D eigenvalue weighted by molar-refractivity contribution is 7.16. The Morgan fingerprint density at radius 1 is 1.22 bits per heavy atom. The number of fused-ring (bicyclic) bond motifs is 2. The second-order valence-electron chi connectivity index (χ2n) is 5.83. The first-order valence-corrected chi connectivity index (χ1v) is 9.21. The molecule has 0 unspecified atom stereocenters. The van der Waals surface area contributed by atoms with Gasteiger partial charge in [0.15, 0.2) is 4.80 Å². The van der Waals surface area contributed by atoms with Crippen LogP contribution in [0.1, 0.15) is 17.3 Å². The van der Waals surface area contributed by atoms with Crippen molar-refractivity contribution < 1.29 is 13.9 Å². The van der Waals surface area contributed by atoms with Crippen LogP contribution in [0.15, 0.2) is 62.9 Å². The minimum atomic E-state index is -0.623. The number of hydrogen-bond acceptors (Lipinski definition) is 5. The predicted molar refractivity (Wildman–Crippen MR) is 104 cm³/mol. The van der Waals surface area contributed by atoms with Crippen molar-refractivity contribution in [3.63, 3.8) is 0 Å². The summed E-state index contributed by atoms with van der Waals surface area (Å²) in [5.41, 5.74) is 0.854. The van der Waals surface area contributed by atoms with Gasteiger partial charge < -0.3 is 13.7 Å². The van der Waals surface area contributed by atoms with E-state index in [9.17, 15) is 9.59 Å². The molecule has 7 heteroatoms. The molecule has 0 fully saturated rings. The van der Waals surface area contributed by atoms with Gasteiger partial charge in [0.1, 0.15) is 28.7 Å². The molecule has 2 aromatic carbocycles. The summed E-state index contributed by atoms with van der Waals surface area (Å²) in [6, 6.07) is 12.5. The smallest absolute Gasteiger partial charge is 0.286 e. The molecule has 0 saturated carbocycles. The molecule has 0 aliphatic rings. The molecule has 0 bridgehead atoms. The summed E-state index contributed by atoms with van der Waals surface area (Å²) < 4.78 is 13.7. The first kappa shape index (κ1) is 17.2. The summed E-state index contributed by atoms with van der Waals surface area (Å²) in [6.45, 7) is 2.57. The fraction of sp³-hybridized carbons (Fsp3) is 0.150. The van der Waals surface area contributed by atoms with Crippen molar-refractivity contribution in [2.24, 2.45) is 4.99 Å². The van der Waals surface area contributed by atoms with Crippen LogP contribution < -0.4 is 15.0 Å². The number of aromatic nitrogens is 1. The van der Waals surface area contributed by atoms with Crippen molar-refractivity contribution in [3.8, 4) is 5.75 Å².